The van der Waals surface area contributed by atoms with Gasteiger partial charge in [-0.15, -0.1) is 0 Å². The molecule has 1 saturated heterocycles. The van der Waals surface area contributed by atoms with Crippen LogP contribution < -0.4 is 0 Å². The van der Waals surface area contributed by atoms with E-state index in [1.54, 1.807) is 0 Å². The number of carbonyl (C=O) groups is 1. The van der Waals surface area contributed by atoms with E-state index in [4.69, 9.17) is 4.74 Å². The Morgan fingerprint density at radius 3 is 2.65 bits per heavy atom. The molecule has 2 fully saturated rings. The van der Waals surface area contributed by atoms with E-state index in [9.17, 15) is 4.79 Å². The van der Waals surface area contributed by atoms with Crippen LogP contribution >= 0.6 is 0 Å². The number of amides is 1. The van der Waals surface area contributed by atoms with Crippen molar-refractivity contribution in [1.29, 1.82) is 0 Å². The fourth-order valence-electron chi connectivity index (χ4n) is 3.95. The lowest BCUT2D eigenvalue weighted by molar-refractivity contribution is 0.0974. The van der Waals surface area contributed by atoms with Gasteiger partial charge in [0.15, 0.2) is 0 Å². The highest BCUT2D eigenvalue weighted by atomic mass is 16.6. The van der Waals surface area contributed by atoms with Crippen LogP contribution in [0.15, 0.2) is 48.8 Å². The fourth-order valence-corrected chi connectivity index (χ4v) is 3.95. The normalized spacial score (nSPS) is 26.7. The van der Waals surface area contributed by atoms with Crippen LogP contribution in [0.4, 0.5) is 4.79 Å². The van der Waals surface area contributed by atoms with E-state index >= 15 is 0 Å². The van der Waals surface area contributed by atoms with E-state index in [1.807, 2.05) is 58.4 Å². The summed E-state index contributed by atoms with van der Waals surface area (Å²) in [5.74, 6) is 1.82. The molecule has 5 nitrogen and oxygen atoms in total. The van der Waals surface area contributed by atoms with Crippen LogP contribution in [0.5, 0.6) is 0 Å². The minimum atomic E-state index is -0.188. The van der Waals surface area contributed by atoms with Gasteiger partial charge in [0.05, 0.1) is 6.04 Å². The van der Waals surface area contributed by atoms with Crippen LogP contribution in [0, 0.1) is 17.8 Å². The van der Waals surface area contributed by atoms with Gasteiger partial charge in [-0.05, 0) is 36.3 Å². The standard InChI is InChI=1S/C18H21N3O2/c1-13(21-9-5-8-19-21)17-15-10-20(11-16(15)17)18(22)23-12-14-6-3-2-4-7-14/h2-9,13,15-17H,10-12H2,1H3/t13?,15-,16+,17?. The maximum atomic E-state index is 12.2. The van der Waals surface area contributed by atoms with Crippen LogP contribution in [-0.2, 0) is 11.3 Å². The largest absolute Gasteiger partial charge is 0.445 e. The third-order valence-corrected chi connectivity index (χ3v) is 5.22. The van der Waals surface area contributed by atoms with Crippen molar-refractivity contribution in [3.8, 4) is 0 Å². The monoisotopic (exact) mass is 311 g/mol. The molecule has 0 radical (unpaired) electrons. The van der Waals surface area contributed by atoms with Gasteiger partial charge in [0, 0.05) is 25.5 Å². The van der Waals surface area contributed by atoms with Gasteiger partial charge in [0.1, 0.15) is 6.61 Å². The van der Waals surface area contributed by atoms with E-state index in [0.717, 1.165) is 18.7 Å². The van der Waals surface area contributed by atoms with Gasteiger partial charge in [-0.2, -0.15) is 5.10 Å². The zero-order valence-electron chi connectivity index (χ0n) is 13.2. The summed E-state index contributed by atoms with van der Waals surface area (Å²) in [5.41, 5.74) is 1.02. The number of nitrogens with zero attached hydrogens (tertiary/aromatic N) is 3. The average Bonchev–Trinajstić information content (AvgIpc) is 3.01. The molecule has 5 heteroatoms. The minimum Gasteiger partial charge on any atom is -0.445 e. The molecule has 2 unspecified atom stereocenters. The van der Waals surface area contributed by atoms with Crippen LogP contribution in [0.25, 0.3) is 0 Å². The fraction of sp³-hybridized carbons (Fsp3) is 0.444. The highest BCUT2D eigenvalue weighted by Crippen LogP contribution is 2.56. The predicted molar refractivity (Wildman–Crippen MR) is 85.6 cm³/mol. The van der Waals surface area contributed by atoms with Gasteiger partial charge in [0.25, 0.3) is 0 Å². The molecule has 120 valence electrons. The van der Waals surface area contributed by atoms with E-state index < -0.39 is 0 Å². The maximum Gasteiger partial charge on any atom is 0.410 e. The number of hydrogen-bond donors (Lipinski definition) is 0. The lowest BCUT2D eigenvalue weighted by Gasteiger charge is -2.22. The topological polar surface area (TPSA) is 47.4 Å². The summed E-state index contributed by atoms with van der Waals surface area (Å²) in [6, 6.07) is 12.2. The van der Waals surface area contributed by atoms with Crippen molar-refractivity contribution >= 4 is 6.09 Å². The van der Waals surface area contributed by atoms with Crippen LogP contribution in [-0.4, -0.2) is 33.9 Å². The van der Waals surface area contributed by atoms with Gasteiger partial charge < -0.3 is 9.64 Å². The van der Waals surface area contributed by atoms with Gasteiger partial charge in [-0.25, -0.2) is 4.79 Å². The van der Waals surface area contributed by atoms with E-state index in [2.05, 4.69) is 12.0 Å². The zero-order chi connectivity index (χ0) is 15.8. The minimum absolute atomic E-state index is 0.188. The summed E-state index contributed by atoms with van der Waals surface area (Å²) in [6.45, 7) is 4.19. The van der Waals surface area contributed by atoms with Crippen molar-refractivity contribution in [2.75, 3.05) is 13.1 Å². The van der Waals surface area contributed by atoms with Crippen LogP contribution in [0.2, 0.25) is 0 Å². The lowest BCUT2D eigenvalue weighted by Crippen LogP contribution is -2.33. The van der Waals surface area contributed by atoms with Crippen LogP contribution in [0.1, 0.15) is 18.5 Å². The summed E-state index contributed by atoms with van der Waals surface area (Å²) in [6.07, 6.45) is 3.65. The molecule has 1 aromatic heterocycles. The number of aromatic nitrogens is 2. The maximum absolute atomic E-state index is 12.2. The quantitative estimate of drug-likeness (QED) is 0.872. The Kier molecular flexibility index (Phi) is 3.56. The van der Waals surface area contributed by atoms with Gasteiger partial charge in [-0.3, -0.25) is 4.68 Å². The third kappa shape index (κ3) is 2.71. The SMILES string of the molecule is CC(C1[C@H]2CN(C(=O)OCc3ccccc3)C[C@@H]12)n1cccn1. The number of fused-ring (bicyclic) bond motifs is 1. The smallest absolute Gasteiger partial charge is 0.410 e. The number of benzene rings is 1. The Balaban J connectivity index is 1.27. The molecule has 1 aromatic carbocycles. The van der Waals surface area contributed by atoms with Crippen molar-refractivity contribution in [1.82, 2.24) is 14.7 Å². The summed E-state index contributed by atoms with van der Waals surface area (Å²) >= 11 is 0. The van der Waals surface area contributed by atoms with Crippen LogP contribution in [0.3, 0.4) is 0 Å². The molecule has 0 spiro atoms. The second-order valence-corrected chi connectivity index (χ2v) is 6.58. The Morgan fingerprint density at radius 1 is 1.26 bits per heavy atom. The van der Waals surface area contributed by atoms with Gasteiger partial charge in [0.2, 0.25) is 0 Å². The number of piperidine rings is 1. The van der Waals surface area contributed by atoms with Gasteiger partial charge >= 0.3 is 6.09 Å². The molecule has 0 N–H and O–H groups in total. The molecule has 1 aliphatic heterocycles. The highest BCUT2D eigenvalue weighted by Gasteiger charge is 2.59. The molecule has 1 saturated carbocycles. The van der Waals surface area contributed by atoms with E-state index in [0.29, 0.717) is 30.4 Å². The third-order valence-electron chi connectivity index (χ3n) is 5.22. The van der Waals surface area contributed by atoms with Crippen molar-refractivity contribution in [2.45, 2.75) is 19.6 Å². The number of likely N-dealkylation sites (tertiary alicyclic amines) is 1. The lowest BCUT2D eigenvalue weighted by atomic mass is 10.1. The Bertz CT molecular complexity index is 659. The predicted octanol–water partition coefficient (Wildman–Crippen LogP) is 2.96. The first-order chi connectivity index (χ1) is 11.2. The van der Waals surface area contributed by atoms with Crippen molar-refractivity contribution in [3.05, 3.63) is 54.4 Å². The molecule has 23 heavy (non-hydrogen) atoms. The molecule has 2 heterocycles. The second-order valence-electron chi connectivity index (χ2n) is 6.58. The number of ether oxygens (including phenoxy) is 1. The number of rotatable bonds is 4. The number of hydrogen-bond acceptors (Lipinski definition) is 3. The molecular formula is C18H21N3O2. The van der Waals surface area contributed by atoms with E-state index in [1.165, 1.54) is 0 Å². The molecule has 1 aliphatic carbocycles. The second kappa shape index (κ2) is 5.72. The first kappa shape index (κ1) is 14.3. The Hall–Kier alpha value is -2.30. The zero-order valence-corrected chi connectivity index (χ0v) is 13.2. The first-order valence-electron chi connectivity index (χ1n) is 8.19. The Morgan fingerprint density at radius 2 is 2.00 bits per heavy atom. The van der Waals surface area contributed by atoms with Crippen molar-refractivity contribution in [3.63, 3.8) is 0 Å². The van der Waals surface area contributed by atoms with Gasteiger partial charge in [-0.1, -0.05) is 30.3 Å². The first-order valence-corrected chi connectivity index (χ1v) is 8.19. The Labute approximate surface area is 135 Å². The molecule has 0 bridgehead atoms. The molecule has 4 rings (SSSR count). The number of carbonyl (C=O) groups excluding carboxylic acids is 1. The molecule has 2 aromatic rings. The molecular weight excluding hydrogens is 290 g/mol. The van der Waals surface area contributed by atoms with Crippen molar-refractivity contribution < 1.29 is 9.53 Å². The van der Waals surface area contributed by atoms with Crippen molar-refractivity contribution in [2.24, 2.45) is 17.8 Å². The average molecular weight is 311 g/mol. The molecule has 2 aliphatic rings. The van der Waals surface area contributed by atoms with E-state index in [-0.39, 0.29) is 6.09 Å². The summed E-state index contributed by atoms with van der Waals surface area (Å²) in [5, 5.41) is 4.33. The molecule has 1 amide bonds. The molecule has 4 atom stereocenters. The summed E-state index contributed by atoms with van der Waals surface area (Å²) in [7, 11) is 0. The summed E-state index contributed by atoms with van der Waals surface area (Å²) < 4.78 is 7.45. The highest BCUT2D eigenvalue weighted by molar-refractivity contribution is 5.68. The summed E-state index contributed by atoms with van der Waals surface area (Å²) in [4.78, 5) is 14.0.